The van der Waals surface area contributed by atoms with Crippen molar-refractivity contribution < 1.29 is 4.79 Å². The first kappa shape index (κ1) is 16.4. The molecule has 3 rings (SSSR count). The van der Waals surface area contributed by atoms with Crippen LogP contribution < -0.4 is 21.7 Å². The Kier molecular flexibility index (Phi) is 5.61. The first-order valence-electron chi connectivity index (χ1n) is 8.52. The van der Waals surface area contributed by atoms with Crippen LogP contribution in [-0.4, -0.2) is 42.5 Å². The molecule has 0 bridgehead atoms. The van der Waals surface area contributed by atoms with Crippen LogP contribution in [0.25, 0.3) is 0 Å². The first-order valence-corrected chi connectivity index (χ1v) is 8.52. The molecule has 0 radical (unpaired) electrons. The molecule has 3 unspecified atom stereocenters. The summed E-state index contributed by atoms with van der Waals surface area (Å²) < 4.78 is 0. The fourth-order valence-electron chi connectivity index (χ4n) is 3.38. The van der Waals surface area contributed by atoms with Crippen molar-refractivity contribution in [3.63, 3.8) is 0 Å². The third kappa shape index (κ3) is 4.51. The van der Waals surface area contributed by atoms with E-state index in [0.29, 0.717) is 5.92 Å². The van der Waals surface area contributed by atoms with Crippen LogP contribution in [0.5, 0.6) is 0 Å². The van der Waals surface area contributed by atoms with Crippen molar-refractivity contribution in [3.05, 3.63) is 35.9 Å². The summed E-state index contributed by atoms with van der Waals surface area (Å²) in [4.78, 5) is 14.6. The number of benzene rings is 1. The molecule has 1 aromatic rings. The van der Waals surface area contributed by atoms with Gasteiger partial charge < -0.3 is 5.32 Å². The van der Waals surface area contributed by atoms with Gasteiger partial charge in [0.25, 0.3) is 0 Å². The highest BCUT2D eigenvalue weighted by molar-refractivity contribution is 5.82. The van der Waals surface area contributed by atoms with E-state index in [1.165, 1.54) is 12.0 Å². The quantitative estimate of drug-likeness (QED) is 0.611. The number of carbonyl (C=O) groups is 1. The Morgan fingerprint density at radius 1 is 1.30 bits per heavy atom. The predicted molar refractivity (Wildman–Crippen MR) is 90.1 cm³/mol. The fourth-order valence-corrected chi connectivity index (χ4v) is 3.38. The molecule has 2 fully saturated rings. The number of nitrogens with zero attached hydrogens (tertiary/aromatic N) is 1. The second-order valence-electron chi connectivity index (χ2n) is 6.64. The van der Waals surface area contributed by atoms with E-state index >= 15 is 0 Å². The van der Waals surface area contributed by atoms with Crippen LogP contribution in [-0.2, 0) is 11.3 Å². The zero-order chi connectivity index (χ0) is 16.1. The Bertz CT molecular complexity index is 509. The standard InChI is InChI=1S/C17H27N5O/c1-13-16(20-21-19-13)17(23)18-9-7-15-8-10-22(12-15)11-14-5-3-2-4-6-14/h2-6,13,15-16,19-21H,7-12H2,1H3,(H,18,23). The van der Waals surface area contributed by atoms with E-state index in [9.17, 15) is 4.79 Å². The second kappa shape index (κ2) is 7.88. The van der Waals surface area contributed by atoms with Crippen LogP contribution >= 0.6 is 0 Å². The Morgan fingerprint density at radius 3 is 2.87 bits per heavy atom. The lowest BCUT2D eigenvalue weighted by molar-refractivity contribution is -0.123. The number of nitrogens with one attached hydrogen (secondary N) is 4. The van der Waals surface area contributed by atoms with Crippen LogP contribution in [0.2, 0.25) is 0 Å². The minimum Gasteiger partial charge on any atom is -0.355 e. The third-order valence-corrected chi connectivity index (χ3v) is 4.78. The molecule has 0 aliphatic carbocycles. The van der Waals surface area contributed by atoms with Gasteiger partial charge in [0.2, 0.25) is 5.91 Å². The molecule has 3 atom stereocenters. The summed E-state index contributed by atoms with van der Waals surface area (Å²) in [6, 6.07) is 10.5. The molecule has 2 saturated heterocycles. The largest absolute Gasteiger partial charge is 0.355 e. The van der Waals surface area contributed by atoms with E-state index in [2.05, 4.69) is 56.9 Å². The number of rotatable bonds is 6. The van der Waals surface area contributed by atoms with Gasteiger partial charge in [0.05, 0.1) is 0 Å². The zero-order valence-corrected chi connectivity index (χ0v) is 13.7. The van der Waals surface area contributed by atoms with E-state index in [0.717, 1.165) is 32.6 Å². The maximum absolute atomic E-state index is 12.1. The fraction of sp³-hybridized carbons (Fsp3) is 0.588. The normalized spacial score (nSPS) is 28.1. The van der Waals surface area contributed by atoms with E-state index in [4.69, 9.17) is 0 Å². The molecule has 2 aliphatic heterocycles. The van der Waals surface area contributed by atoms with E-state index in [1.54, 1.807) is 0 Å². The summed E-state index contributed by atoms with van der Waals surface area (Å²) in [6.45, 7) is 6.06. The highest BCUT2D eigenvalue weighted by Crippen LogP contribution is 2.21. The number of amides is 1. The van der Waals surface area contributed by atoms with Gasteiger partial charge in [-0.1, -0.05) is 30.3 Å². The van der Waals surface area contributed by atoms with Gasteiger partial charge in [-0.25, -0.2) is 10.9 Å². The summed E-state index contributed by atoms with van der Waals surface area (Å²) in [5, 5.41) is 3.05. The highest BCUT2D eigenvalue weighted by Gasteiger charge is 2.29. The van der Waals surface area contributed by atoms with Crippen LogP contribution in [0.4, 0.5) is 0 Å². The highest BCUT2D eigenvalue weighted by atomic mass is 16.2. The molecular weight excluding hydrogens is 290 g/mol. The molecule has 0 spiro atoms. The molecule has 1 aromatic carbocycles. The Balaban J connectivity index is 1.35. The van der Waals surface area contributed by atoms with Crippen molar-refractivity contribution in [1.82, 2.24) is 26.6 Å². The summed E-state index contributed by atoms with van der Waals surface area (Å²) in [5.74, 6) is 0.748. The molecule has 6 heteroatoms. The average molecular weight is 317 g/mol. The summed E-state index contributed by atoms with van der Waals surface area (Å²) in [6.07, 6.45) is 2.28. The van der Waals surface area contributed by atoms with Gasteiger partial charge in [0, 0.05) is 25.7 Å². The van der Waals surface area contributed by atoms with Crippen molar-refractivity contribution in [2.45, 2.75) is 38.4 Å². The molecule has 0 saturated carbocycles. The zero-order valence-electron chi connectivity index (χ0n) is 13.7. The van der Waals surface area contributed by atoms with E-state index in [-0.39, 0.29) is 18.0 Å². The van der Waals surface area contributed by atoms with Crippen molar-refractivity contribution in [3.8, 4) is 0 Å². The van der Waals surface area contributed by atoms with Crippen LogP contribution in [0, 0.1) is 5.92 Å². The molecule has 126 valence electrons. The van der Waals surface area contributed by atoms with Gasteiger partial charge in [-0.3, -0.25) is 9.69 Å². The number of likely N-dealkylation sites (tertiary alicyclic amines) is 1. The monoisotopic (exact) mass is 317 g/mol. The average Bonchev–Trinajstić information content (AvgIpc) is 3.17. The minimum atomic E-state index is -0.201. The molecule has 2 aliphatic rings. The van der Waals surface area contributed by atoms with Crippen molar-refractivity contribution in [2.75, 3.05) is 19.6 Å². The third-order valence-electron chi connectivity index (χ3n) is 4.78. The van der Waals surface area contributed by atoms with E-state index < -0.39 is 0 Å². The lowest BCUT2D eigenvalue weighted by Crippen LogP contribution is -2.47. The lowest BCUT2D eigenvalue weighted by atomic mass is 10.0. The lowest BCUT2D eigenvalue weighted by Gasteiger charge is -2.17. The smallest absolute Gasteiger partial charge is 0.240 e. The summed E-state index contributed by atoms with van der Waals surface area (Å²) in [5.41, 5.74) is 10.1. The van der Waals surface area contributed by atoms with Crippen LogP contribution in [0.1, 0.15) is 25.3 Å². The maximum Gasteiger partial charge on any atom is 0.240 e. The molecule has 6 nitrogen and oxygen atoms in total. The van der Waals surface area contributed by atoms with Crippen LogP contribution in [0.3, 0.4) is 0 Å². The number of carbonyl (C=O) groups excluding carboxylic acids is 1. The van der Waals surface area contributed by atoms with Gasteiger partial charge in [0.1, 0.15) is 6.04 Å². The number of hydrazine groups is 2. The Hall–Kier alpha value is -1.47. The van der Waals surface area contributed by atoms with Crippen molar-refractivity contribution in [1.29, 1.82) is 0 Å². The Morgan fingerprint density at radius 2 is 2.13 bits per heavy atom. The minimum absolute atomic E-state index is 0.0640. The number of hydrogen-bond donors (Lipinski definition) is 4. The van der Waals surface area contributed by atoms with E-state index in [1.807, 2.05) is 6.92 Å². The second-order valence-corrected chi connectivity index (χ2v) is 6.64. The molecule has 4 N–H and O–H groups in total. The first-order chi connectivity index (χ1) is 11.2. The SMILES string of the molecule is CC1NNNC1C(=O)NCCC1CCN(Cc2ccccc2)C1. The topological polar surface area (TPSA) is 68.4 Å². The molecule has 23 heavy (non-hydrogen) atoms. The van der Waals surface area contributed by atoms with Crippen LogP contribution in [0.15, 0.2) is 30.3 Å². The van der Waals surface area contributed by atoms with Crippen molar-refractivity contribution in [2.24, 2.45) is 5.92 Å². The molecular formula is C17H27N5O. The molecule has 2 heterocycles. The maximum atomic E-state index is 12.1. The molecule has 1 amide bonds. The van der Waals surface area contributed by atoms with Gasteiger partial charge in [-0.05, 0) is 37.8 Å². The van der Waals surface area contributed by atoms with Gasteiger partial charge >= 0.3 is 0 Å². The van der Waals surface area contributed by atoms with Gasteiger partial charge in [-0.2, -0.15) is 5.53 Å². The summed E-state index contributed by atoms with van der Waals surface area (Å²) >= 11 is 0. The van der Waals surface area contributed by atoms with Gasteiger partial charge in [0.15, 0.2) is 0 Å². The predicted octanol–water partition coefficient (Wildman–Crippen LogP) is 0.384. The van der Waals surface area contributed by atoms with Crippen molar-refractivity contribution >= 4 is 5.91 Å². The summed E-state index contributed by atoms with van der Waals surface area (Å²) in [7, 11) is 0. The molecule has 0 aromatic heterocycles. The Labute approximate surface area is 137 Å². The van der Waals surface area contributed by atoms with Gasteiger partial charge in [-0.15, -0.1) is 0 Å². The number of hydrogen-bond acceptors (Lipinski definition) is 5.